The number of esters is 2. The maximum atomic E-state index is 16.3. The number of aliphatic hydroxyl groups is 21. The average molecular weight is 1890 g/mol. The fourth-order valence-electron chi connectivity index (χ4n) is 23.3. The van der Waals surface area contributed by atoms with Crippen LogP contribution in [-0.4, -0.2) is 414 Å². The summed E-state index contributed by atoms with van der Waals surface area (Å²) in [7, 11) is 0. The van der Waals surface area contributed by atoms with Gasteiger partial charge in [0.1, 0.15) is 140 Å². The third kappa shape index (κ3) is 20.6. The molecule has 131 heavy (non-hydrogen) atoms. The van der Waals surface area contributed by atoms with Gasteiger partial charge in [0.2, 0.25) is 18.0 Å². The van der Waals surface area contributed by atoms with Crippen molar-refractivity contribution in [3.05, 3.63) is 11.6 Å². The summed E-state index contributed by atoms with van der Waals surface area (Å²) < 4.78 is 90.5. The van der Waals surface area contributed by atoms with E-state index in [1.165, 1.54) is 13.1 Å². The highest BCUT2D eigenvalue weighted by Gasteiger charge is 2.73. The van der Waals surface area contributed by atoms with Crippen molar-refractivity contribution in [1.82, 2.24) is 5.32 Å². The molecule has 12 rings (SSSR count). The molecule has 0 aromatic heterocycles. The number of ether oxygens (including phenoxy) is 15. The van der Waals surface area contributed by atoms with E-state index in [-0.39, 0.29) is 43.9 Å². The molecule has 44 nitrogen and oxygen atoms in total. The molecule has 5 aliphatic carbocycles. The van der Waals surface area contributed by atoms with Crippen LogP contribution in [-0.2, 0) is 90.2 Å². The second-order valence-corrected chi connectivity index (χ2v) is 40.5. The number of carboxylic acid groups (broad SMARTS) is 1. The van der Waals surface area contributed by atoms with Crippen LogP contribution in [0.1, 0.15) is 172 Å². The third-order valence-electron chi connectivity index (χ3n) is 31.8. The summed E-state index contributed by atoms with van der Waals surface area (Å²) in [6, 6.07) is -1.75. The topological polar surface area (TPSA) is 696 Å². The van der Waals surface area contributed by atoms with Crippen LogP contribution in [0.25, 0.3) is 0 Å². The van der Waals surface area contributed by atoms with Crippen LogP contribution in [0.3, 0.4) is 0 Å². The summed E-state index contributed by atoms with van der Waals surface area (Å²) >= 11 is 0. The first-order valence-electron chi connectivity index (χ1n) is 45.9. The molecule has 12 aliphatic rings. The second kappa shape index (κ2) is 42.0. The van der Waals surface area contributed by atoms with E-state index in [1.807, 2.05) is 20.8 Å². The van der Waals surface area contributed by atoms with Gasteiger partial charge in [-0.15, -0.1) is 5.16 Å². The van der Waals surface area contributed by atoms with Crippen LogP contribution in [0.15, 0.2) is 16.8 Å². The smallest absolute Gasteiger partial charge is 0.335 e. The largest absolute Gasteiger partial charge is 0.479 e. The lowest BCUT2D eigenvalue weighted by molar-refractivity contribution is -0.391. The Morgan fingerprint density at radius 2 is 1.14 bits per heavy atom. The minimum absolute atomic E-state index is 0.00588. The minimum Gasteiger partial charge on any atom is -0.479 e. The Bertz CT molecular complexity index is 3880. The van der Waals surface area contributed by atoms with Gasteiger partial charge in [0.05, 0.1) is 94.8 Å². The van der Waals surface area contributed by atoms with Gasteiger partial charge in [-0.2, -0.15) is 0 Å². The van der Waals surface area contributed by atoms with Gasteiger partial charge in [-0.25, -0.2) is 4.79 Å². The Morgan fingerprint density at radius 1 is 0.573 bits per heavy atom. The highest BCUT2D eigenvalue weighted by molar-refractivity contribution is 5.80. The summed E-state index contributed by atoms with van der Waals surface area (Å²) in [5.74, 6) is -9.31. The third-order valence-corrected chi connectivity index (χ3v) is 31.8. The standard InChI is InChI=1S/C87H142N2O42/c1-12-35(3)44(121-54(99)25-39(94)23-45(36(4)13-2)131-87(115)34-119-48(30-92)72(87)111)22-38(93)24-53(98)89-55-46(28-90)122-78(70(59(55)103)128-76-65(109)61(105)67(37(5)120-76)125-74-62(106)56(100)42(95)31-117-74)130-80(114)86-21-20-81(6,7)26-41(86)40-14-15-50-82(8)18-17-52(83(9,33-88-116)49(82)16-19-84(50,10)85(40,11)27-51(86)97)124-79-71(129-77-64(108)60(104)58(102)47(29-91)123-77)68(66(110)69(127-79)73(112)113)126-75-63(107)57(101)43(96)32-118-75/h14,33,35-39,41-52,55-72,74-79,90-97,100-111,115-116H,12-13,15-32,34H2,1-11H3,(H,89,98)(H,112,113)/b88-33+/t35-,36-,37?,38-,39-,41?,42+,43+,44-,45-,46-,47?,48-,49+,50?,51?,52-,55?,56?,57-,58-,59?,60-,61?,62?,63?,64?,65?,66-,67-,68-,69?,70?,71?,72?,74-,75-,76-,77-,78-,79+,82?,83+,84?,85+,86+,87?/m0/s1. The Hall–Kier alpha value is -4.27. The first-order valence-corrected chi connectivity index (χ1v) is 45.9. The molecular weight excluding hydrogens is 1740 g/mol. The SMILES string of the molecule is CC[C@H](C)[C@H](C[C@H](O)CC(=O)NC1C(O)C(O[C@@H]2OC(C)[C@H](O[C@@H]3OC[C@@H](O)C(O)C3O)C(O)C2O)[C@H](OC(=O)[C@]23CCC(C)(C)CC2C2=CCC4C5(C)CC[C@H](O[C@@H]6OC(C(=O)O)[C@@H](O)[C@H](O[C@@H]7OC[C@@H](O)[C@H](O)C7O)C6O[C@@H]6OC(CO)[C@H](O)[C@H](O)C6O)[C@](C)(/C=N/O)[C@@H]5CCC4(C)[C@]2(C)CC3O)O[C@H]1CO)OC(=O)C[C@@H](O)C[C@H](OC1(O)CO[C@@H](CO)C1O)[C@@H](C)CC. The van der Waals surface area contributed by atoms with Crippen molar-refractivity contribution in [1.29, 1.82) is 0 Å². The maximum Gasteiger partial charge on any atom is 0.335 e. The van der Waals surface area contributed by atoms with Gasteiger partial charge in [-0.1, -0.05) is 93.7 Å². The van der Waals surface area contributed by atoms with Crippen LogP contribution < -0.4 is 5.32 Å². The first kappa shape index (κ1) is 106. The van der Waals surface area contributed by atoms with Gasteiger partial charge in [-0.05, 0) is 116 Å². The lowest BCUT2D eigenvalue weighted by Crippen LogP contribution is -2.70. The van der Waals surface area contributed by atoms with E-state index < -0.39 is 353 Å². The Labute approximate surface area is 757 Å². The van der Waals surface area contributed by atoms with Gasteiger partial charge in [0.15, 0.2) is 43.7 Å². The van der Waals surface area contributed by atoms with Crippen LogP contribution in [0, 0.1) is 62.1 Å². The van der Waals surface area contributed by atoms with Gasteiger partial charge >= 0.3 is 17.9 Å². The number of carbonyl (C=O) groups is 4. The highest BCUT2D eigenvalue weighted by Crippen LogP contribution is 2.76. The summed E-state index contributed by atoms with van der Waals surface area (Å²) in [5, 5.41) is 263. The Morgan fingerprint density at radius 3 is 1.74 bits per heavy atom. The highest BCUT2D eigenvalue weighted by atomic mass is 16.8. The van der Waals surface area contributed by atoms with Gasteiger partial charge in [-0.3, -0.25) is 14.4 Å². The lowest BCUT2D eigenvalue weighted by atomic mass is 9.33. The van der Waals surface area contributed by atoms with Gasteiger partial charge in [0.25, 0.3) is 0 Å². The summed E-state index contributed by atoms with van der Waals surface area (Å²) in [4.78, 5) is 57.6. The molecule has 20 unspecified atom stereocenters. The number of amides is 1. The van der Waals surface area contributed by atoms with E-state index >= 15 is 4.79 Å². The molecule has 1 amide bonds. The van der Waals surface area contributed by atoms with Crippen LogP contribution in [0.5, 0.6) is 0 Å². The normalized spacial score (nSPS) is 47.9. The number of aliphatic carboxylic acids is 1. The van der Waals surface area contributed by atoms with Crippen molar-refractivity contribution >= 4 is 30.0 Å². The molecule has 7 saturated heterocycles. The molecule has 24 N–H and O–H groups in total. The monoisotopic (exact) mass is 1890 g/mol. The number of rotatable bonds is 33. The van der Waals surface area contributed by atoms with Crippen LogP contribution >= 0.6 is 0 Å². The van der Waals surface area contributed by atoms with E-state index in [9.17, 15) is 132 Å². The van der Waals surface area contributed by atoms with E-state index in [2.05, 4.69) is 37.3 Å². The molecule has 7 aliphatic heterocycles. The molecule has 0 bridgehead atoms. The summed E-state index contributed by atoms with van der Waals surface area (Å²) in [5.41, 5.74) is -5.34. The molecule has 0 aromatic carbocycles. The second-order valence-electron chi connectivity index (χ2n) is 40.5. The fraction of sp³-hybridized carbons (Fsp3) is 0.920. The van der Waals surface area contributed by atoms with Crippen molar-refractivity contribution in [2.75, 3.05) is 39.6 Å². The zero-order valence-corrected chi connectivity index (χ0v) is 75.7. The number of hydrogen-bond donors (Lipinski definition) is 24. The molecule has 44 heteroatoms. The number of oxime groups is 1. The van der Waals surface area contributed by atoms with E-state index in [4.69, 9.17) is 71.1 Å². The molecule has 0 radical (unpaired) electrons. The predicted molar refractivity (Wildman–Crippen MR) is 439 cm³/mol. The molecule has 7 heterocycles. The van der Waals surface area contributed by atoms with Crippen molar-refractivity contribution in [2.24, 2.45) is 67.2 Å². The molecule has 0 aromatic rings. The number of fused-ring (bicyclic) bond motifs is 7. The van der Waals surface area contributed by atoms with Crippen molar-refractivity contribution in [3.63, 3.8) is 0 Å². The molecule has 11 fully saturated rings. The molecular formula is C87H142N2O42. The average Bonchev–Trinajstić information content (AvgIpc) is 1.18. The number of hydrogen-bond acceptors (Lipinski definition) is 42. The maximum absolute atomic E-state index is 16.3. The minimum atomic E-state index is -2.26. The van der Waals surface area contributed by atoms with E-state index in [0.29, 0.717) is 51.4 Å². The number of carboxylic acids is 1. The van der Waals surface area contributed by atoms with Crippen molar-refractivity contribution in [3.8, 4) is 0 Å². The number of nitrogens with one attached hydrogen (secondary N) is 1. The number of nitrogens with zero attached hydrogens (tertiary/aromatic N) is 1. The van der Waals surface area contributed by atoms with Gasteiger partial charge < -0.3 is 194 Å². The quantitative estimate of drug-likeness (QED) is 0.00555. The van der Waals surface area contributed by atoms with Gasteiger partial charge in [0, 0.05) is 18.3 Å². The lowest BCUT2D eigenvalue weighted by Gasteiger charge is -2.71. The first-order chi connectivity index (χ1) is 61.5. The number of carbonyl (C=O) groups excluding carboxylic acids is 3. The zero-order chi connectivity index (χ0) is 96.3. The molecule has 0 spiro atoms. The summed E-state index contributed by atoms with van der Waals surface area (Å²) in [6.45, 7) is 16.4. The van der Waals surface area contributed by atoms with Crippen molar-refractivity contribution < 1.29 is 208 Å². The van der Waals surface area contributed by atoms with Crippen molar-refractivity contribution in [2.45, 2.75) is 399 Å². The summed E-state index contributed by atoms with van der Waals surface area (Å²) in [6.07, 6.45) is -57.5. The number of allylic oxidation sites excluding steroid dienone is 2. The fourth-order valence-corrected chi connectivity index (χ4v) is 23.3. The zero-order valence-electron chi connectivity index (χ0n) is 75.7. The molecule has 4 saturated carbocycles. The molecule has 752 valence electrons. The Kier molecular flexibility index (Phi) is 33.9. The van der Waals surface area contributed by atoms with Crippen LogP contribution in [0.2, 0.25) is 0 Å². The van der Waals surface area contributed by atoms with E-state index in [1.54, 1.807) is 27.7 Å². The predicted octanol–water partition coefficient (Wildman–Crippen LogP) is -5.34. The van der Waals surface area contributed by atoms with E-state index in [0.717, 1.165) is 5.57 Å². The van der Waals surface area contributed by atoms with Crippen LogP contribution in [0.4, 0.5) is 0 Å². The number of aliphatic hydroxyl groups excluding tert-OH is 20. The Balaban J connectivity index is 0.799. The molecule has 47 atom stereocenters.